The molecule has 6 heteroatoms. The molecule has 30 heavy (non-hydrogen) atoms. The highest BCUT2D eigenvalue weighted by Crippen LogP contribution is 2.25. The van der Waals surface area contributed by atoms with E-state index in [1.807, 2.05) is 55.5 Å². The van der Waals surface area contributed by atoms with E-state index in [0.717, 1.165) is 60.9 Å². The zero-order valence-electron chi connectivity index (χ0n) is 17.5. The Morgan fingerprint density at radius 2 is 1.87 bits per heavy atom. The van der Waals surface area contributed by atoms with E-state index in [-0.39, 0.29) is 5.91 Å². The van der Waals surface area contributed by atoms with Crippen molar-refractivity contribution < 1.29 is 4.79 Å². The van der Waals surface area contributed by atoms with Crippen LogP contribution >= 0.6 is 0 Å². The molecule has 1 aliphatic heterocycles. The molecule has 1 aliphatic rings. The van der Waals surface area contributed by atoms with Crippen molar-refractivity contribution in [2.75, 3.05) is 38.5 Å². The number of hydrogen-bond donors (Lipinski definition) is 1. The highest BCUT2D eigenvalue weighted by Gasteiger charge is 2.15. The van der Waals surface area contributed by atoms with Crippen molar-refractivity contribution in [1.29, 1.82) is 0 Å². The van der Waals surface area contributed by atoms with Crippen LogP contribution in [0.4, 0.5) is 5.69 Å². The van der Waals surface area contributed by atoms with Gasteiger partial charge in [0.2, 0.25) is 0 Å². The molecule has 3 heterocycles. The van der Waals surface area contributed by atoms with Gasteiger partial charge in [0.1, 0.15) is 0 Å². The summed E-state index contributed by atoms with van der Waals surface area (Å²) in [5, 5.41) is 2.98. The summed E-state index contributed by atoms with van der Waals surface area (Å²) in [7, 11) is 2.15. The molecule has 1 fully saturated rings. The van der Waals surface area contributed by atoms with E-state index in [2.05, 4.69) is 32.1 Å². The lowest BCUT2D eigenvalue weighted by Gasteiger charge is -2.32. The monoisotopic (exact) mass is 401 g/mol. The molecule has 0 atom stereocenters. The van der Waals surface area contributed by atoms with Crippen molar-refractivity contribution in [2.24, 2.45) is 0 Å². The van der Waals surface area contributed by atoms with E-state index >= 15 is 0 Å². The van der Waals surface area contributed by atoms with Gasteiger partial charge in [-0.1, -0.05) is 12.1 Å². The van der Waals surface area contributed by atoms with E-state index in [1.165, 1.54) is 0 Å². The predicted molar refractivity (Wildman–Crippen MR) is 119 cm³/mol. The zero-order valence-corrected chi connectivity index (χ0v) is 17.5. The number of amides is 1. The summed E-state index contributed by atoms with van der Waals surface area (Å²) in [6, 6.07) is 15.5. The largest absolute Gasteiger partial charge is 0.322 e. The highest BCUT2D eigenvalue weighted by atomic mass is 16.1. The van der Waals surface area contributed by atoms with Gasteiger partial charge in [-0.05, 0) is 55.9 Å². The Morgan fingerprint density at radius 1 is 1.03 bits per heavy atom. The second kappa shape index (κ2) is 9.15. The molecule has 1 aromatic carbocycles. The summed E-state index contributed by atoms with van der Waals surface area (Å²) in [5.41, 5.74) is 5.30. The Labute approximate surface area is 177 Å². The lowest BCUT2D eigenvalue weighted by atomic mass is 10.0. The Bertz CT molecular complexity index is 996. The predicted octanol–water partition coefficient (Wildman–Crippen LogP) is 3.45. The number of hydrogen-bond acceptors (Lipinski definition) is 5. The summed E-state index contributed by atoms with van der Waals surface area (Å²) >= 11 is 0. The SMILES string of the molecule is Cc1ccc(NC(=O)c2ccc(CN3CCN(C)CC3)nc2)cc1-c1ccccn1. The van der Waals surface area contributed by atoms with Crippen molar-refractivity contribution in [3.05, 3.63) is 77.7 Å². The number of nitrogens with zero attached hydrogens (tertiary/aromatic N) is 4. The number of pyridine rings is 2. The lowest BCUT2D eigenvalue weighted by Crippen LogP contribution is -2.44. The van der Waals surface area contributed by atoms with E-state index in [0.29, 0.717) is 5.56 Å². The molecule has 154 valence electrons. The number of anilines is 1. The van der Waals surface area contributed by atoms with Crippen LogP contribution in [0.5, 0.6) is 0 Å². The lowest BCUT2D eigenvalue weighted by molar-refractivity contribution is 0.102. The fourth-order valence-corrected chi connectivity index (χ4v) is 3.59. The third-order valence-corrected chi connectivity index (χ3v) is 5.50. The Balaban J connectivity index is 1.41. The number of aromatic nitrogens is 2. The number of carbonyl (C=O) groups is 1. The van der Waals surface area contributed by atoms with Crippen molar-refractivity contribution in [1.82, 2.24) is 19.8 Å². The molecule has 0 aliphatic carbocycles. The average molecular weight is 402 g/mol. The minimum atomic E-state index is -0.163. The maximum absolute atomic E-state index is 12.7. The average Bonchev–Trinajstić information content (AvgIpc) is 2.78. The molecule has 1 amide bonds. The van der Waals surface area contributed by atoms with Crippen LogP contribution in [0, 0.1) is 6.92 Å². The third kappa shape index (κ3) is 4.90. The first-order valence-electron chi connectivity index (χ1n) is 10.3. The van der Waals surface area contributed by atoms with Gasteiger partial charge in [0, 0.05) is 56.4 Å². The molecule has 1 saturated heterocycles. The molecule has 2 aromatic heterocycles. The van der Waals surface area contributed by atoms with Crippen molar-refractivity contribution in [2.45, 2.75) is 13.5 Å². The molecule has 0 bridgehead atoms. The number of aryl methyl sites for hydroxylation is 1. The Hall–Kier alpha value is -3.09. The van der Waals surface area contributed by atoms with Crippen LogP contribution in [0.15, 0.2) is 60.9 Å². The minimum Gasteiger partial charge on any atom is -0.322 e. The van der Waals surface area contributed by atoms with E-state index in [1.54, 1.807) is 12.4 Å². The molecule has 4 rings (SSSR count). The van der Waals surface area contributed by atoms with E-state index < -0.39 is 0 Å². The van der Waals surface area contributed by atoms with Gasteiger partial charge < -0.3 is 10.2 Å². The topological polar surface area (TPSA) is 61.4 Å². The van der Waals surface area contributed by atoms with Crippen LogP contribution in [0.3, 0.4) is 0 Å². The molecule has 0 saturated carbocycles. The number of carbonyl (C=O) groups excluding carboxylic acids is 1. The van der Waals surface area contributed by atoms with Gasteiger partial charge in [-0.15, -0.1) is 0 Å². The fourth-order valence-electron chi connectivity index (χ4n) is 3.59. The molecule has 1 N–H and O–H groups in total. The summed E-state index contributed by atoms with van der Waals surface area (Å²) < 4.78 is 0. The summed E-state index contributed by atoms with van der Waals surface area (Å²) in [6.07, 6.45) is 3.43. The molecule has 3 aromatic rings. The van der Waals surface area contributed by atoms with Gasteiger partial charge in [0.05, 0.1) is 17.0 Å². The van der Waals surface area contributed by atoms with Crippen LogP contribution in [0.25, 0.3) is 11.3 Å². The first-order chi connectivity index (χ1) is 14.6. The summed E-state index contributed by atoms with van der Waals surface area (Å²) in [6.45, 7) is 7.12. The summed E-state index contributed by atoms with van der Waals surface area (Å²) in [4.78, 5) is 26.4. The number of piperazine rings is 1. The fraction of sp³-hybridized carbons (Fsp3) is 0.292. The van der Waals surface area contributed by atoms with Gasteiger partial charge in [0.15, 0.2) is 0 Å². The van der Waals surface area contributed by atoms with Gasteiger partial charge in [0.25, 0.3) is 5.91 Å². The zero-order chi connectivity index (χ0) is 20.9. The van der Waals surface area contributed by atoms with Gasteiger partial charge in [-0.3, -0.25) is 19.7 Å². The maximum Gasteiger partial charge on any atom is 0.257 e. The van der Waals surface area contributed by atoms with Crippen LogP contribution in [0.2, 0.25) is 0 Å². The smallest absolute Gasteiger partial charge is 0.257 e. The third-order valence-electron chi connectivity index (χ3n) is 5.50. The van der Waals surface area contributed by atoms with E-state index in [9.17, 15) is 4.79 Å². The molecular weight excluding hydrogens is 374 g/mol. The molecule has 0 spiro atoms. The van der Waals surface area contributed by atoms with Gasteiger partial charge >= 0.3 is 0 Å². The van der Waals surface area contributed by atoms with Crippen molar-refractivity contribution in [3.63, 3.8) is 0 Å². The second-order valence-corrected chi connectivity index (χ2v) is 7.82. The quantitative estimate of drug-likeness (QED) is 0.710. The van der Waals surface area contributed by atoms with Crippen LogP contribution in [0.1, 0.15) is 21.6 Å². The maximum atomic E-state index is 12.7. The Kier molecular flexibility index (Phi) is 6.16. The van der Waals surface area contributed by atoms with Crippen molar-refractivity contribution in [3.8, 4) is 11.3 Å². The molecule has 0 unspecified atom stereocenters. The highest BCUT2D eigenvalue weighted by molar-refractivity contribution is 6.04. The molecule has 6 nitrogen and oxygen atoms in total. The minimum absolute atomic E-state index is 0.163. The van der Waals surface area contributed by atoms with Crippen LogP contribution < -0.4 is 5.32 Å². The summed E-state index contributed by atoms with van der Waals surface area (Å²) in [5.74, 6) is -0.163. The normalized spacial score (nSPS) is 15.1. The van der Waals surface area contributed by atoms with Crippen molar-refractivity contribution >= 4 is 11.6 Å². The van der Waals surface area contributed by atoms with Crippen LogP contribution in [-0.4, -0.2) is 58.9 Å². The number of nitrogens with one attached hydrogen (secondary N) is 1. The number of rotatable bonds is 5. The van der Waals surface area contributed by atoms with Gasteiger partial charge in [-0.2, -0.15) is 0 Å². The number of likely N-dealkylation sites (N-methyl/N-ethyl adjacent to an activating group) is 1. The first-order valence-corrected chi connectivity index (χ1v) is 10.3. The van der Waals surface area contributed by atoms with Gasteiger partial charge in [-0.25, -0.2) is 0 Å². The van der Waals surface area contributed by atoms with Crippen LogP contribution in [-0.2, 0) is 6.54 Å². The Morgan fingerprint density at radius 3 is 2.57 bits per heavy atom. The van der Waals surface area contributed by atoms with E-state index in [4.69, 9.17) is 0 Å². The molecule has 0 radical (unpaired) electrons. The molecular formula is C24H27N5O. The number of benzene rings is 1. The standard InChI is InChI=1S/C24H27N5O/c1-18-6-8-20(15-22(18)23-5-3-4-10-25-23)27-24(30)19-7-9-21(26-16-19)17-29-13-11-28(2)12-14-29/h3-10,15-16H,11-14,17H2,1-2H3,(H,27,30). The second-order valence-electron chi connectivity index (χ2n) is 7.82. The first kappa shape index (κ1) is 20.2.